The predicted octanol–water partition coefficient (Wildman–Crippen LogP) is 4.77. The molecule has 10 atom stereocenters. The van der Waals surface area contributed by atoms with Gasteiger partial charge in [-0.1, -0.05) is 48.0 Å². The van der Waals surface area contributed by atoms with Crippen molar-refractivity contribution in [2.75, 3.05) is 13.2 Å². The van der Waals surface area contributed by atoms with Crippen LogP contribution in [0.3, 0.4) is 0 Å². The summed E-state index contributed by atoms with van der Waals surface area (Å²) in [5.41, 5.74) is 2.07. The Labute approximate surface area is 181 Å². The van der Waals surface area contributed by atoms with Crippen LogP contribution < -0.4 is 0 Å². The Kier molecular flexibility index (Phi) is 3.65. The molecule has 4 fully saturated rings. The van der Waals surface area contributed by atoms with Crippen molar-refractivity contribution in [1.29, 1.82) is 0 Å². The van der Waals surface area contributed by atoms with Crippen molar-refractivity contribution < 1.29 is 19.0 Å². The maximum atomic E-state index is 12.6. The van der Waals surface area contributed by atoms with Crippen LogP contribution in [0.1, 0.15) is 67.7 Å². The molecule has 0 aromatic rings. The molecule has 2 saturated carbocycles. The van der Waals surface area contributed by atoms with E-state index in [1.165, 1.54) is 18.4 Å². The van der Waals surface area contributed by atoms with Gasteiger partial charge in [0.15, 0.2) is 0 Å². The summed E-state index contributed by atoms with van der Waals surface area (Å²) >= 11 is 0. The molecule has 30 heavy (non-hydrogen) atoms. The Bertz CT molecular complexity index is 861. The Hall–Kier alpha value is -0.870. The molecule has 6 rings (SSSR count). The molecular formula is C26H38O4. The first-order chi connectivity index (χ1) is 14.1. The molecule has 0 N–H and O–H groups in total. The van der Waals surface area contributed by atoms with Crippen LogP contribution in [0.25, 0.3) is 0 Å². The van der Waals surface area contributed by atoms with E-state index >= 15 is 0 Å². The molecule has 3 heterocycles. The molecule has 3 aliphatic heterocycles. The van der Waals surface area contributed by atoms with Crippen LogP contribution in [0.15, 0.2) is 11.1 Å². The van der Waals surface area contributed by atoms with Gasteiger partial charge in [-0.15, -0.1) is 0 Å². The molecule has 0 aromatic heterocycles. The van der Waals surface area contributed by atoms with Gasteiger partial charge in [0.05, 0.1) is 12.7 Å². The van der Waals surface area contributed by atoms with Crippen LogP contribution in [0.2, 0.25) is 0 Å². The molecule has 3 unspecified atom stereocenters. The van der Waals surface area contributed by atoms with Crippen LogP contribution in [-0.4, -0.2) is 36.5 Å². The fourth-order valence-corrected chi connectivity index (χ4v) is 9.32. The minimum atomic E-state index is -0.261. The maximum absolute atomic E-state index is 12.6. The third-order valence-electron chi connectivity index (χ3n) is 11.4. The average molecular weight is 415 g/mol. The van der Waals surface area contributed by atoms with Gasteiger partial charge in [0.2, 0.25) is 0 Å². The third-order valence-corrected chi connectivity index (χ3v) is 11.4. The smallest absolute Gasteiger partial charge is 0.334 e. The molecule has 4 nitrogen and oxygen atoms in total. The second-order valence-electron chi connectivity index (χ2n) is 12.2. The number of ether oxygens (including phenoxy) is 3. The Morgan fingerprint density at radius 1 is 1.17 bits per heavy atom. The zero-order chi connectivity index (χ0) is 21.4. The molecule has 2 saturated heterocycles. The minimum Gasteiger partial charge on any atom is -0.458 e. The molecule has 4 heteroatoms. The topological polar surface area (TPSA) is 48.1 Å². The Balaban J connectivity index is 1.48. The van der Waals surface area contributed by atoms with E-state index in [1.807, 2.05) is 0 Å². The summed E-state index contributed by atoms with van der Waals surface area (Å²) in [5, 5.41) is 0. The zero-order valence-electron chi connectivity index (χ0n) is 19.7. The van der Waals surface area contributed by atoms with Crippen LogP contribution in [0, 0.1) is 46.3 Å². The van der Waals surface area contributed by atoms with Crippen LogP contribution in [0.4, 0.5) is 0 Å². The van der Waals surface area contributed by atoms with Crippen molar-refractivity contribution in [3.63, 3.8) is 0 Å². The fourth-order valence-electron chi connectivity index (χ4n) is 9.32. The third kappa shape index (κ3) is 1.81. The molecule has 1 spiro atoms. The summed E-state index contributed by atoms with van der Waals surface area (Å²) in [6, 6.07) is 0. The van der Waals surface area contributed by atoms with E-state index in [9.17, 15) is 4.79 Å². The van der Waals surface area contributed by atoms with Crippen molar-refractivity contribution in [3.05, 3.63) is 11.1 Å². The molecule has 0 bridgehead atoms. The van der Waals surface area contributed by atoms with Crippen LogP contribution in [-0.2, 0) is 19.0 Å². The summed E-state index contributed by atoms with van der Waals surface area (Å²) in [6.07, 6.45) is 3.84. The van der Waals surface area contributed by atoms with Crippen molar-refractivity contribution >= 4 is 5.97 Å². The van der Waals surface area contributed by atoms with E-state index in [0.717, 1.165) is 12.0 Å². The molecule has 166 valence electrons. The van der Waals surface area contributed by atoms with Gasteiger partial charge in [-0.25, -0.2) is 4.79 Å². The largest absolute Gasteiger partial charge is 0.458 e. The van der Waals surface area contributed by atoms with E-state index < -0.39 is 0 Å². The Morgan fingerprint density at radius 3 is 2.57 bits per heavy atom. The summed E-state index contributed by atoms with van der Waals surface area (Å²) in [6.45, 7) is 17.7. The number of fused-ring (bicyclic) bond motifs is 4. The van der Waals surface area contributed by atoms with E-state index in [0.29, 0.717) is 48.4 Å². The molecular weight excluding hydrogens is 376 g/mol. The van der Waals surface area contributed by atoms with Gasteiger partial charge in [0.25, 0.3) is 0 Å². The number of cyclic esters (lactones) is 1. The summed E-state index contributed by atoms with van der Waals surface area (Å²) < 4.78 is 19.4. The van der Waals surface area contributed by atoms with Crippen molar-refractivity contribution in [3.8, 4) is 0 Å². The minimum absolute atomic E-state index is 0.00905. The van der Waals surface area contributed by atoms with E-state index in [1.54, 1.807) is 0 Å². The van der Waals surface area contributed by atoms with E-state index in [2.05, 4.69) is 48.5 Å². The van der Waals surface area contributed by atoms with Gasteiger partial charge < -0.3 is 14.2 Å². The predicted molar refractivity (Wildman–Crippen MR) is 114 cm³/mol. The molecule has 0 radical (unpaired) electrons. The number of epoxide rings is 1. The highest BCUT2D eigenvalue weighted by atomic mass is 16.7. The summed E-state index contributed by atoms with van der Waals surface area (Å²) in [4.78, 5) is 12.6. The quantitative estimate of drug-likeness (QED) is 0.493. The monoisotopic (exact) mass is 414 g/mol. The number of hydrogen-bond donors (Lipinski definition) is 0. The average Bonchev–Trinajstić information content (AvgIpc) is 3.59. The van der Waals surface area contributed by atoms with Crippen molar-refractivity contribution in [2.24, 2.45) is 46.3 Å². The van der Waals surface area contributed by atoms with E-state index in [-0.39, 0.29) is 34.4 Å². The van der Waals surface area contributed by atoms with Gasteiger partial charge in [0, 0.05) is 16.9 Å². The van der Waals surface area contributed by atoms with Crippen LogP contribution in [0.5, 0.6) is 0 Å². The summed E-state index contributed by atoms with van der Waals surface area (Å²) in [7, 11) is 0. The number of esters is 1. The molecule has 0 aromatic carbocycles. The summed E-state index contributed by atoms with van der Waals surface area (Å²) in [5.74, 6) is 2.68. The van der Waals surface area contributed by atoms with E-state index in [4.69, 9.17) is 14.2 Å². The lowest BCUT2D eigenvalue weighted by Gasteiger charge is -2.62. The van der Waals surface area contributed by atoms with Crippen molar-refractivity contribution in [2.45, 2.75) is 85.0 Å². The molecule has 0 amide bonds. The standard InChI is InChI=1S/C26H38O4/c1-8-14(4)25-10-18(25)21-26(30-21)23(6)9-16(13(2)3)20-17(11-28-22(20)27)19(23)12-29-24(26,7)15(25)5/h13-16,18-19,21H,8-12H2,1-7H3/t14?,15?,16?,18-,19-,21-,23-,24+,25-,26+/m0/s1. The number of rotatable bonds is 3. The SMILES string of the molecule is CCC(C)[C@]12C[C@H]1[C@@H]1O[C@@]13[C@@]1(C)CC(C(C)C)C4=C(COC4=O)[C@@H]1CO[C@]3(C)C2C. The lowest BCUT2D eigenvalue weighted by atomic mass is 9.46. The highest BCUT2D eigenvalue weighted by molar-refractivity contribution is 5.93. The van der Waals surface area contributed by atoms with Gasteiger partial charge >= 0.3 is 5.97 Å². The molecule has 6 aliphatic rings. The Morgan fingerprint density at radius 2 is 1.90 bits per heavy atom. The normalized spacial score (nSPS) is 56.4. The van der Waals surface area contributed by atoms with Gasteiger partial charge in [-0.05, 0) is 60.3 Å². The lowest BCUT2D eigenvalue weighted by Crippen LogP contribution is -2.70. The first kappa shape index (κ1) is 19.8. The highest BCUT2D eigenvalue weighted by Crippen LogP contribution is 2.84. The number of carbonyl (C=O) groups is 1. The number of carbonyl (C=O) groups excluding carboxylic acids is 1. The second-order valence-corrected chi connectivity index (χ2v) is 12.2. The first-order valence-electron chi connectivity index (χ1n) is 12.3. The fraction of sp³-hybridized carbons (Fsp3) is 0.885. The second kappa shape index (κ2) is 5.54. The van der Waals surface area contributed by atoms with Crippen LogP contribution >= 0.6 is 0 Å². The zero-order valence-corrected chi connectivity index (χ0v) is 19.7. The van der Waals surface area contributed by atoms with Gasteiger partial charge in [-0.3, -0.25) is 0 Å². The maximum Gasteiger partial charge on any atom is 0.334 e. The number of hydrogen-bond acceptors (Lipinski definition) is 4. The van der Waals surface area contributed by atoms with Gasteiger partial charge in [-0.2, -0.15) is 0 Å². The highest BCUT2D eigenvalue weighted by Gasteiger charge is 2.91. The first-order valence-corrected chi connectivity index (χ1v) is 12.3. The van der Waals surface area contributed by atoms with Crippen molar-refractivity contribution in [1.82, 2.24) is 0 Å². The lowest BCUT2D eigenvalue weighted by molar-refractivity contribution is -0.242. The molecule has 3 aliphatic carbocycles. The van der Waals surface area contributed by atoms with Gasteiger partial charge in [0.1, 0.15) is 17.8 Å².